The lowest BCUT2D eigenvalue weighted by Gasteiger charge is -2.22. The van der Waals surface area contributed by atoms with Crippen LogP contribution in [0.5, 0.6) is 0 Å². The Morgan fingerprint density at radius 2 is 2.04 bits per heavy atom. The second-order valence-corrected chi connectivity index (χ2v) is 7.67. The predicted octanol–water partition coefficient (Wildman–Crippen LogP) is 2.39. The van der Waals surface area contributed by atoms with Crippen LogP contribution in [0.4, 0.5) is 5.82 Å². The van der Waals surface area contributed by atoms with Crippen molar-refractivity contribution >= 4 is 33.4 Å². The number of sulfonamides is 1. The van der Waals surface area contributed by atoms with Crippen molar-refractivity contribution in [3.63, 3.8) is 0 Å². The van der Waals surface area contributed by atoms with Crippen molar-refractivity contribution < 1.29 is 23.1 Å². The van der Waals surface area contributed by atoms with Crippen molar-refractivity contribution in [1.29, 1.82) is 0 Å². The van der Waals surface area contributed by atoms with Gasteiger partial charge in [-0.1, -0.05) is 11.6 Å². The molecule has 2 N–H and O–H groups in total. The Morgan fingerprint density at radius 3 is 2.68 bits per heavy atom. The molecule has 1 aliphatic heterocycles. The number of nitrogens with zero attached hydrogens (tertiary/aromatic N) is 2. The molecule has 1 aromatic carbocycles. The Bertz CT molecular complexity index is 890. The molecule has 3 rings (SSSR count). The van der Waals surface area contributed by atoms with Gasteiger partial charge in [0.15, 0.2) is 5.82 Å². The molecule has 8 nitrogen and oxygen atoms in total. The summed E-state index contributed by atoms with van der Waals surface area (Å²) in [5.74, 6) is -1.04. The summed E-state index contributed by atoms with van der Waals surface area (Å²) in [6.07, 6.45) is 3.36. The van der Waals surface area contributed by atoms with E-state index in [0.717, 1.165) is 25.0 Å². The highest BCUT2D eigenvalue weighted by atomic mass is 35.5. The van der Waals surface area contributed by atoms with E-state index in [1.54, 1.807) is 16.9 Å². The van der Waals surface area contributed by atoms with E-state index in [4.69, 9.17) is 21.4 Å². The van der Waals surface area contributed by atoms with Crippen molar-refractivity contribution in [1.82, 2.24) is 9.78 Å². The second-order valence-electron chi connectivity index (χ2n) is 5.58. The van der Waals surface area contributed by atoms with Gasteiger partial charge in [-0.15, -0.1) is 0 Å². The summed E-state index contributed by atoms with van der Waals surface area (Å²) >= 11 is 5.83. The van der Waals surface area contributed by atoms with Gasteiger partial charge in [0.05, 0.1) is 21.5 Å². The van der Waals surface area contributed by atoms with Crippen LogP contribution in [0.2, 0.25) is 5.02 Å². The zero-order chi connectivity index (χ0) is 18.0. The lowest BCUT2D eigenvalue weighted by molar-refractivity contribution is 0.0663. The zero-order valence-electron chi connectivity index (χ0n) is 13.1. The number of aromatic carboxylic acids is 1. The summed E-state index contributed by atoms with van der Waals surface area (Å²) in [5, 5.41) is 13.1. The summed E-state index contributed by atoms with van der Waals surface area (Å²) in [5.41, 5.74) is -0.163. The maximum absolute atomic E-state index is 12.4. The van der Waals surface area contributed by atoms with Crippen molar-refractivity contribution in [2.45, 2.75) is 23.8 Å². The zero-order valence-corrected chi connectivity index (χ0v) is 14.6. The highest BCUT2D eigenvalue weighted by Gasteiger charge is 2.21. The van der Waals surface area contributed by atoms with Gasteiger partial charge in [-0.3, -0.25) is 9.40 Å². The number of anilines is 1. The number of benzene rings is 1. The Morgan fingerprint density at radius 1 is 1.32 bits per heavy atom. The van der Waals surface area contributed by atoms with Gasteiger partial charge >= 0.3 is 5.97 Å². The van der Waals surface area contributed by atoms with E-state index in [-0.39, 0.29) is 27.3 Å². The van der Waals surface area contributed by atoms with Crippen LogP contribution in [-0.4, -0.2) is 42.5 Å². The summed E-state index contributed by atoms with van der Waals surface area (Å²) in [6, 6.07) is 5.19. The number of hydrogen-bond acceptors (Lipinski definition) is 5. The van der Waals surface area contributed by atoms with Crippen molar-refractivity contribution in [3.8, 4) is 0 Å². The fraction of sp³-hybridized carbons (Fsp3) is 0.333. The third-order valence-electron chi connectivity index (χ3n) is 3.89. The number of rotatable bonds is 5. The van der Waals surface area contributed by atoms with Crippen LogP contribution in [0.15, 0.2) is 35.4 Å². The average Bonchev–Trinajstić information content (AvgIpc) is 3.03. The molecule has 0 atom stereocenters. The lowest BCUT2D eigenvalue weighted by atomic mass is 10.1. The molecule has 0 radical (unpaired) electrons. The molecule has 10 heteroatoms. The molecule has 0 aliphatic carbocycles. The number of ether oxygens (including phenoxy) is 1. The fourth-order valence-electron chi connectivity index (χ4n) is 2.58. The summed E-state index contributed by atoms with van der Waals surface area (Å²) < 4.78 is 34.3. The van der Waals surface area contributed by atoms with Crippen molar-refractivity contribution in [3.05, 3.63) is 41.0 Å². The Labute approximate surface area is 149 Å². The van der Waals surface area contributed by atoms with Crippen LogP contribution < -0.4 is 4.72 Å². The van der Waals surface area contributed by atoms with Crippen molar-refractivity contribution in [2.75, 3.05) is 17.9 Å². The lowest BCUT2D eigenvalue weighted by Crippen LogP contribution is -2.20. The third-order valence-corrected chi connectivity index (χ3v) is 5.56. The molecule has 1 saturated heterocycles. The minimum atomic E-state index is -3.92. The third kappa shape index (κ3) is 3.94. The standard InChI is InChI=1S/C15H16ClN3O5S/c16-13-9-11(1-2-12(13)15(20)21)25(22,23)18-14-3-6-19(17-14)10-4-7-24-8-5-10/h1-3,6,9-10H,4-5,7-8H2,(H,17,18)(H,20,21). The first-order chi connectivity index (χ1) is 11.9. The molecule has 1 fully saturated rings. The molecule has 0 amide bonds. The first-order valence-corrected chi connectivity index (χ1v) is 9.41. The van der Waals surface area contributed by atoms with Crippen LogP contribution in [0.3, 0.4) is 0 Å². The summed E-state index contributed by atoms with van der Waals surface area (Å²) in [6.45, 7) is 1.31. The number of hydrogen-bond donors (Lipinski definition) is 2. The highest BCUT2D eigenvalue weighted by molar-refractivity contribution is 7.92. The molecular weight excluding hydrogens is 370 g/mol. The normalized spacial score (nSPS) is 15.9. The largest absolute Gasteiger partial charge is 0.478 e. The number of carboxylic acids is 1. The maximum Gasteiger partial charge on any atom is 0.337 e. The van der Waals surface area contributed by atoms with Gasteiger partial charge in [0, 0.05) is 25.5 Å². The Kier molecular flexibility index (Phi) is 4.98. The molecule has 2 aromatic rings. The Hall–Kier alpha value is -2.10. The quantitative estimate of drug-likeness (QED) is 0.817. The van der Waals surface area contributed by atoms with E-state index in [1.165, 1.54) is 6.07 Å². The van der Waals surface area contributed by atoms with E-state index in [2.05, 4.69) is 9.82 Å². The van der Waals surface area contributed by atoms with Crippen LogP contribution >= 0.6 is 11.6 Å². The number of aromatic nitrogens is 2. The highest BCUT2D eigenvalue weighted by Crippen LogP contribution is 2.24. The van der Waals surface area contributed by atoms with Gasteiger partial charge in [0.2, 0.25) is 0 Å². The van der Waals surface area contributed by atoms with Crippen LogP contribution in [-0.2, 0) is 14.8 Å². The SMILES string of the molecule is O=C(O)c1ccc(S(=O)(=O)Nc2ccn(C3CCOCC3)n2)cc1Cl. The van der Waals surface area contributed by atoms with Gasteiger partial charge in [-0.05, 0) is 31.0 Å². The molecule has 134 valence electrons. The average molecular weight is 386 g/mol. The van der Waals surface area contributed by atoms with Gasteiger partial charge in [-0.2, -0.15) is 5.10 Å². The van der Waals surface area contributed by atoms with E-state index < -0.39 is 16.0 Å². The number of nitrogens with one attached hydrogen (secondary N) is 1. The molecule has 1 aliphatic rings. The van der Waals surface area contributed by atoms with E-state index in [9.17, 15) is 13.2 Å². The molecule has 0 saturated carbocycles. The van der Waals surface area contributed by atoms with Crippen LogP contribution in [0, 0.1) is 0 Å². The molecule has 0 unspecified atom stereocenters. The number of carbonyl (C=O) groups is 1. The molecular formula is C15H16ClN3O5S. The van der Waals surface area contributed by atoms with E-state index in [1.807, 2.05) is 0 Å². The van der Waals surface area contributed by atoms with E-state index in [0.29, 0.717) is 13.2 Å². The van der Waals surface area contributed by atoms with Gasteiger partial charge < -0.3 is 9.84 Å². The molecule has 0 spiro atoms. The minimum absolute atomic E-state index is 0.136. The summed E-state index contributed by atoms with van der Waals surface area (Å²) in [7, 11) is -3.92. The van der Waals surface area contributed by atoms with Gasteiger partial charge in [0.25, 0.3) is 10.0 Å². The molecule has 1 aromatic heterocycles. The molecule has 25 heavy (non-hydrogen) atoms. The van der Waals surface area contributed by atoms with Crippen molar-refractivity contribution in [2.24, 2.45) is 0 Å². The Balaban J connectivity index is 1.78. The van der Waals surface area contributed by atoms with Gasteiger partial charge in [0.1, 0.15) is 0 Å². The predicted molar refractivity (Wildman–Crippen MR) is 90.5 cm³/mol. The summed E-state index contributed by atoms with van der Waals surface area (Å²) in [4.78, 5) is 10.8. The monoisotopic (exact) mass is 385 g/mol. The first-order valence-electron chi connectivity index (χ1n) is 7.55. The molecule has 0 bridgehead atoms. The van der Waals surface area contributed by atoms with E-state index >= 15 is 0 Å². The molecule has 2 heterocycles. The minimum Gasteiger partial charge on any atom is -0.478 e. The van der Waals surface area contributed by atoms with Crippen LogP contribution in [0.1, 0.15) is 29.2 Å². The fourth-order valence-corrected chi connectivity index (χ4v) is 3.93. The first kappa shape index (κ1) is 17.7. The maximum atomic E-state index is 12.4. The van der Waals surface area contributed by atoms with Crippen LogP contribution in [0.25, 0.3) is 0 Å². The van der Waals surface area contributed by atoms with Gasteiger partial charge in [-0.25, -0.2) is 13.2 Å². The topological polar surface area (TPSA) is 111 Å². The number of carboxylic acid groups (broad SMARTS) is 1. The second kappa shape index (κ2) is 7.03. The number of halogens is 1. The smallest absolute Gasteiger partial charge is 0.337 e.